The fourth-order valence-corrected chi connectivity index (χ4v) is 1.99. The van der Waals surface area contributed by atoms with Crippen LogP contribution >= 0.6 is 0 Å². The maximum Gasteiger partial charge on any atom is 0.148 e. The van der Waals surface area contributed by atoms with Crippen molar-refractivity contribution in [1.82, 2.24) is 0 Å². The van der Waals surface area contributed by atoms with Gasteiger partial charge in [0.25, 0.3) is 0 Å². The predicted octanol–water partition coefficient (Wildman–Crippen LogP) is 2.65. The predicted molar refractivity (Wildman–Crippen MR) is 68.0 cm³/mol. The Morgan fingerprint density at radius 1 is 1.47 bits per heavy atom. The molecule has 2 rings (SSSR count). The number of nitrogen functional groups attached to an aromatic ring is 1. The van der Waals surface area contributed by atoms with E-state index in [1.54, 1.807) is 13.2 Å². The lowest BCUT2D eigenvalue weighted by molar-refractivity contribution is 0.416. The van der Waals surface area contributed by atoms with Crippen LogP contribution in [-0.2, 0) is 0 Å². The summed E-state index contributed by atoms with van der Waals surface area (Å²) in [5.41, 5.74) is 6.60. The van der Waals surface area contributed by atoms with Crippen molar-refractivity contribution < 1.29 is 9.13 Å². The second-order valence-corrected chi connectivity index (χ2v) is 4.53. The molecule has 1 aliphatic carbocycles. The highest BCUT2D eigenvalue weighted by atomic mass is 19.1. The lowest BCUT2D eigenvalue weighted by Gasteiger charge is -2.24. The number of hydrogen-bond donors (Lipinski definition) is 1. The van der Waals surface area contributed by atoms with Gasteiger partial charge in [-0.25, -0.2) is 4.39 Å². The van der Waals surface area contributed by atoms with Crippen molar-refractivity contribution in [2.75, 3.05) is 30.8 Å². The van der Waals surface area contributed by atoms with Gasteiger partial charge >= 0.3 is 0 Å². The number of ether oxygens (including phenoxy) is 1. The van der Waals surface area contributed by atoms with Gasteiger partial charge in [-0.2, -0.15) is 0 Å². The second kappa shape index (κ2) is 4.82. The molecule has 17 heavy (non-hydrogen) atoms. The van der Waals surface area contributed by atoms with Crippen molar-refractivity contribution in [3.05, 3.63) is 17.9 Å². The first-order valence-corrected chi connectivity index (χ1v) is 6.03. The van der Waals surface area contributed by atoms with Crippen LogP contribution in [0.4, 0.5) is 15.8 Å². The Bertz CT molecular complexity index is 405. The molecule has 3 nitrogen and oxygen atoms in total. The maximum absolute atomic E-state index is 13.9. The third-order valence-corrected chi connectivity index (χ3v) is 3.20. The molecule has 0 atom stereocenters. The van der Waals surface area contributed by atoms with E-state index in [2.05, 4.69) is 4.90 Å². The fourth-order valence-electron chi connectivity index (χ4n) is 1.99. The average molecular weight is 238 g/mol. The summed E-state index contributed by atoms with van der Waals surface area (Å²) >= 11 is 0. The fraction of sp³-hybridized carbons (Fsp3) is 0.538. The molecule has 94 valence electrons. The Hall–Kier alpha value is -1.45. The molecule has 1 aliphatic rings. The third kappa shape index (κ3) is 2.62. The average Bonchev–Trinajstić information content (AvgIpc) is 3.11. The molecule has 0 saturated heterocycles. The summed E-state index contributed by atoms with van der Waals surface area (Å²) < 4.78 is 19.0. The van der Waals surface area contributed by atoms with Gasteiger partial charge in [0.05, 0.1) is 18.5 Å². The van der Waals surface area contributed by atoms with Gasteiger partial charge in [0.2, 0.25) is 0 Å². The number of nitrogens with zero attached hydrogens (tertiary/aromatic N) is 1. The van der Waals surface area contributed by atoms with Crippen molar-refractivity contribution >= 4 is 11.4 Å². The molecule has 0 radical (unpaired) electrons. The monoisotopic (exact) mass is 238 g/mol. The first-order valence-electron chi connectivity index (χ1n) is 6.03. The molecule has 1 aromatic carbocycles. The molecule has 2 N–H and O–H groups in total. The molecule has 0 unspecified atom stereocenters. The summed E-state index contributed by atoms with van der Waals surface area (Å²) in [6, 6.07) is 3.03. The summed E-state index contributed by atoms with van der Waals surface area (Å²) in [5.74, 6) is 0.986. The number of hydrogen-bond acceptors (Lipinski definition) is 3. The van der Waals surface area contributed by atoms with Crippen molar-refractivity contribution in [1.29, 1.82) is 0 Å². The molecule has 0 heterocycles. The number of halogens is 1. The first kappa shape index (κ1) is 12.0. The van der Waals surface area contributed by atoms with Gasteiger partial charge < -0.3 is 15.4 Å². The van der Waals surface area contributed by atoms with E-state index < -0.39 is 0 Å². The minimum absolute atomic E-state index is 0.272. The lowest BCUT2D eigenvalue weighted by atomic mass is 10.2. The van der Waals surface area contributed by atoms with E-state index in [1.807, 2.05) is 6.92 Å². The topological polar surface area (TPSA) is 38.5 Å². The van der Waals surface area contributed by atoms with Crippen LogP contribution in [0.5, 0.6) is 5.75 Å². The Balaban J connectivity index is 2.27. The van der Waals surface area contributed by atoms with E-state index in [9.17, 15) is 4.39 Å². The number of nitrogens with two attached hydrogens (primary N) is 1. The zero-order valence-corrected chi connectivity index (χ0v) is 10.4. The number of rotatable bonds is 5. The Kier molecular flexibility index (Phi) is 3.41. The van der Waals surface area contributed by atoms with E-state index in [-0.39, 0.29) is 5.82 Å². The van der Waals surface area contributed by atoms with Crippen LogP contribution in [0, 0.1) is 11.7 Å². The summed E-state index contributed by atoms with van der Waals surface area (Å²) in [4.78, 5) is 2.05. The normalized spacial score (nSPS) is 14.8. The number of benzene rings is 1. The third-order valence-electron chi connectivity index (χ3n) is 3.20. The quantitative estimate of drug-likeness (QED) is 0.801. The van der Waals surface area contributed by atoms with Gasteiger partial charge in [-0.05, 0) is 25.7 Å². The molecule has 0 spiro atoms. The zero-order valence-electron chi connectivity index (χ0n) is 10.4. The summed E-state index contributed by atoms with van der Waals surface area (Å²) in [6.45, 7) is 3.74. The highest BCUT2D eigenvalue weighted by molar-refractivity contribution is 5.63. The van der Waals surface area contributed by atoms with E-state index in [4.69, 9.17) is 10.5 Å². The highest BCUT2D eigenvalue weighted by Gasteiger charge is 2.25. The summed E-state index contributed by atoms with van der Waals surface area (Å²) in [5, 5.41) is 0. The van der Waals surface area contributed by atoms with Crippen molar-refractivity contribution in [2.45, 2.75) is 19.8 Å². The molecule has 1 fully saturated rings. The minimum atomic E-state index is -0.272. The van der Waals surface area contributed by atoms with Crippen LogP contribution in [0.25, 0.3) is 0 Å². The van der Waals surface area contributed by atoms with Gasteiger partial charge in [0, 0.05) is 25.2 Å². The highest BCUT2D eigenvalue weighted by Crippen LogP contribution is 2.35. The van der Waals surface area contributed by atoms with E-state index in [0.29, 0.717) is 17.1 Å². The summed E-state index contributed by atoms with van der Waals surface area (Å²) in [7, 11) is 1.55. The number of anilines is 2. The van der Waals surface area contributed by atoms with E-state index in [0.717, 1.165) is 19.0 Å². The molecule has 1 aromatic rings. The van der Waals surface area contributed by atoms with Crippen molar-refractivity contribution in [3.8, 4) is 5.75 Å². The largest absolute Gasteiger partial charge is 0.495 e. The standard InChI is InChI=1S/C13H19FN2O/c1-3-16(8-9-4-5-9)12-7-13(17-2)11(15)6-10(12)14/h6-7,9H,3-5,8,15H2,1-2H3. The molecule has 0 aliphatic heterocycles. The Morgan fingerprint density at radius 2 is 2.18 bits per heavy atom. The van der Waals surface area contributed by atoms with Gasteiger partial charge in [0.1, 0.15) is 11.6 Å². The molecule has 4 heteroatoms. The first-order chi connectivity index (χ1) is 8.15. The zero-order chi connectivity index (χ0) is 12.4. The van der Waals surface area contributed by atoms with Gasteiger partial charge in [-0.3, -0.25) is 0 Å². The summed E-state index contributed by atoms with van der Waals surface area (Å²) in [6.07, 6.45) is 2.51. The maximum atomic E-state index is 13.9. The molecule has 0 aromatic heterocycles. The van der Waals surface area contributed by atoms with Crippen LogP contribution in [-0.4, -0.2) is 20.2 Å². The van der Waals surface area contributed by atoms with E-state index in [1.165, 1.54) is 18.9 Å². The van der Waals surface area contributed by atoms with E-state index >= 15 is 0 Å². The van der Waals surface area contributed by atoms with Crippen molar-refractivity contribution in [2.24, 2.45) is 5.92 Å². The van der Waals surface area contributed by atoms with Gasteiger partial charge in [-0.1, -0.05) is 0 Å². The van der Waals surface area contributed by atoms with Crippen LogP contribution in [0.1, 0.15) is 19.8 Å². The minimum Gasteiger partial charge on any atom is -0.495 e. The molecule has 1 saturated carbocycles. The van der Waals surface area contributed by atoms with Gasteiger partial charge in [-0.15, -0.1) is 0 Å². The lowest BCUT2D eigenvalue weighted by Crippen LogP contribution is -2.26. The SMILES string of the molecule is CCN(CC1CC1)c1cc(OC)c(N)cc1F. The van der Waals surface area contributed by atoms with Crippen molar-refractivity contribution in [3.63, 3.8) is 0 Å². The molecular formula is C13H19FN2O. The second-order valence-electron chi connectivity index (χ2n) is 4.53. The molecule has 0 amide bonds. The molecule has 0 bridgehead atoms. The van der Waals surface area contributed by atoms with Crippen LogP contribution in [0.3, 0.4) is 0 Å². The van der Waals surface area contributed by atoms with Gasteiger partial charge in [0.15, 0.2) is 0 Å². The molecular weight excluding hydrogens is 219 g/mol. The van der Waals surface area contributed by atoms with Crippen LogP contribution in [0.2, 0.25) is 0 Å². The Labute approximate surface area is 101 Å². The van der Waals surface area contributed by atoms with Crippen LogP contribution < -0.4 is 15.4 Å². The smallest absolute Gasteiger partial charge is 0.148 e. The van der Waals surface area contributed by atoms with Crippen LogP contribution in [0.15, 0.2) is 12.1 Å². The Morgan fingerprint density at radius 3 is 2.71 bits per heavy atom. The number of methoxy groups -OCH3 is 1.